The number of nitriles is 1. The quantitative estimate of drug-likeness (QED) is 0.855. The fourth-order valence-electron chi connectivity index (χ4n) is 2.16. The lowest BCUT2D eigenvalue weighted by Crippen LogP contribution is -2.43. The van der Waals surface area contributed by atoms with Crippen LogP contribution >= 0.6 is 0 Å². The molecule has 122 valence electrons. The van der Waals surface area contributed by atoms with Gasteiger partial charge < -0.3 is 10.1 Å². The van der Waals surface area contributed by atoms with Crippen LogP contribution in [0.1, 0.15) is 21.5 Å². The fraction of sp³-hybridized carbons (Fsp3) is 0.167. The normalized spacial score (nSPS) is 11.2. The summed E-state index contributed by atoms with van der Waals surface area (Å²) in [6, 6.07) is 12.9. The Morgan fingerprint density at radius 2 is 1.88 bits per heavy atom. The van der Waals surface area contributed by atoms with Crippen LogP contribution < -0.4 is 5.32 Å². The molecular formula is C18H15FN2O3. The number of nitrogens with zero attached hydrogens (tertiary/aromatic N) is 1. The Kier molecular flexibility index (Phi) is 5.63. The number of nitrogens with one attached hydrogen (secondary N) is 1. The summed E-state index contributed by atoms with van der Waals surface area (Å²) in [4.78, 5) is 24.1. The van der Waals surface area contributed by atoms with Gasteiger partial charge in [-0.2, -0.15) is 5.26 Å². The molecule has 1 atom stereocenters. The van der Waals surface area contributed by atoms with Crippen LogP contribution in [0.25, 0.3) is 0 Å². The molecule has 5 nitrogen and oxygen atoms in total. The van der Waals surface area contributed by atoms with Crippen LogP contribution in [0.5, 0.6) is 0 Å². The maximum Gasteiger partial charge on any atom is 0.328 e. The monoisotopic (exact) mass is 326 g/mol. The first-order valence-corrected chi connectivity index (χ1v) is 7.17. The molecular weight excluding hydrogens is 311 g/mol. The van der Waals surface area contributed by atoms with Gasteiger partial charge in [0.2, 0.25) is 0 Å². The van der Waals surface area contributed by atoms with Crippen molar-refractivity contribution in [3.8, 4) is 6.07 Å². The Bertz CT molecular complexity index is 782. The zero-order valence-electron chi connectivity index (χ0n) is 13.0. The van der Waals surface area contributed by atoms with E-state index in [9.17, 15) is 14.0 Å². The average Bonchev–Trinajstić information content (AvgIpc) is 2.62. The maximum absolute atomic E-state index is 13.8. The van der Waals surface area contributed by atoms with Crippen LogP contribution in [0.2, 0.25) is 0 Å². The first kappa shape index (κ1) is 17.2. The molecule has 6 heteroatoms. The van der Waals surface area contributed by atoms with Crippen molar-refractivity contribution in [1.82, 2.24) is 5.32 Å². The number of hydrogen-bond donors (Lipinski definition) is 1. The summed E-state index contributed by atoms with van der Waals surface area (Å²) in [6.45, 7) is 0. The molecule has 2 rings (SSSR count). The topological polar surface area (TPSA) is 79.2 Å². The molecule has 24 heavy (non-hydrogen) atoms. The minimum absolute atomic E-state index is 0.0264. The molecule has 1 N–H and O–H groups in total. The van der Waals surface area contributed by atoms with E-state index in [-0.39, 0.29) is 12.0 Å². The summed E-state index contributed by atoms with van der Waals surface area (Å²) in [6.07, 6.45) is -0.0264. The van der Waals surface area contributed by atoms with Crippen molar-refractivity contribution in [3.63, 3.8) is 0 Å². The highest BCUT2D eigenvalue weighted by atomic mass is 19.1. The van der Waals surface area contributed by atoms with Crippen molar-refractivity contribution < 1.29 is 18.7 Å². The van der Waals surface area contributed by atoms with Gasteiger partial charge in [0.25, 0.3) is 5.91 Å². The van der Waals surface area contributed by atoms with Gasteiger partial charge in [-0.1, -0.05) is 18.2 Å². The third-order valence-electron chi connectivity index (χ3n) is 3.45. The van der Waals surface area contributed by atoms with Gasteiger partial charge in [0.05, 0.1) is 18.7 Å². The number of hydrogen-bond acceptors (Lipinski definition) is 4. The van der Waals surface area contributed by atoms with Crippen LogP contribution in [-0.4, -0.2) is 25.0 Å². The maximum atomic E-state index is 13.8. The van der Waals surface area contributed by atoms with E-state index < -0.39 is 23.7 Å². The van der Waals surface area contributed by atoms with Crippen molar-refractivity contribution in [2.45, 2.75) is 12.5 Å². The Labute approximate surface area is 138 Å². The van der Waals surface area contributed by atoms with Gasteiger partial charge in [0.1, 0.15) is 11.9 Å². The number of rotatable bonds is 5. The summed E-state index contributed by atoms with van der Waals surface area (Å²) in [5.41, 5.74) is 1.01. The molecule has 0 bridgehead atoms. The second-order valence-electron chi connectivity index (χ2n) is 5.03. The van der Waals surface area contributed by atoms with Crippen LogP contribution in [0.15, 0.2) is 48.5 Å². The first-order valence-electron chi connectivity index (χ1n) is 7.17. The second-order valence-corrected chi connectivity index (χ2v) is 5.03. The highest BCUT2D eigenvalue weighted by molar-refractivity contribution is 5.96. The van der Waals surface area contributed by atoms with E-state index in [1.54, 1.807) is 18.2 Å². The molecule has 0 radical (unpaired) electrons. The van der Waals surface area contributed by atoms with E-state index in [1.165, 1.54) is 37.4 Å². The summed E-state index contributed by atoms with van der Waals surface area (Å²) in [5.74, 6) is -1.63. The lowest BCUT2D eigenvalue weighted by Gasteiger charge is -2.17. The standard InChI is InChI=1S/C18H15FN2O3/c1-24-18(23)16(10-14-4-2-3-5-15(14)19)21-17(22)13-8-6-12(11-20)7-9-13/h2-9,16H,10H2,1H3,(H,21,22)/t16-/m1/s1. The number of esters is 1. The van der Waals surface area contributed by atoms with Gasteiger partial charge in [-0.25, -0.2) is 9.18 Å². The number of ether oxygens (including phenoxy) is 1. The van der Waals surface area contributed by atoms with Crippen LogP contribution in [0.4, 0.5) is 4.39 Å². The third-order valence-corrected chi connectivity index (χ3v) is 3.45. The lowest BCUT2D eigenvalue weighted by atomic mass is 10.0. The van der Waals surface area contributed by atoms with Crippen molar-refractivity contribution in [2.75, 3.05) is 7.11 Å². The Balaban J connectivity index is 2.16. The van der Waals surface area contributed by atoms with E-state index in [4.69, 9.17) is 5.26 Å². The molecule has 2 aromatic rings. The highest BCUT2D eigenvalue weighted by Gasteiger charge is 2.23. The molecule has 0 aliphatic rings. The molecule has 0 unspecified atom stereocenters. The zero-order valence-corrected chi connectivity index (χ0v) is 13.0. The van der Waals surface area contributed by atoms with Gasteiger partial charge >= 0.3 is 5.97 Å². The largest absolute Gasteiger partial charge is 0.467 e. The molecule has 0 aliphatic carbocycles. The Morgan fingerprint density at radius 1 is 1.21 bits per heavy atom. The van der Waals surface area contributed by atoms with Crippen LogP contribution in [0, 0.1) is 17.1 Å². The predicted octanol–water partition coefficient (Wildman–Crippen LogP) is 2.21. The van der Waals surface area contributed by atoms with Crippen LogP contribution in [-0.2, 0) is 16.0 Å². The number of benzene rings is 2. The summed E-state index contributed by atoms with van der Waals surface area (Å²) < 4.78 is 18.4. The highest BCUT2D eigenvalue weighted by Crippen LogP contribution is 2.11. The number of carbonyl (C=O) groups is 2. The summed E-state index contributed by atoms with van der Waals surface area (Å²) >= 11 is 0. The molecule has 0 spiro atoms. The molecule has 0 saturated carbocycles. The van der Waals surface area contributed by atoms with Crippen molar-refractivity contribution in [1.29, 1.82) is 5.26 Å². The fourth-order valence-corrected chi connectivity index (χ4v) is 2.16. The number of amides is 1. The Morgan fingerprint density at radius 3 is 2.46 bits per heavy atom. The molecule has 2 aromatic carbocycles. The van der Waals surface area contributed by atoms with Gasteiger partial charge in [-0.3, -0.25) is 4.79 Å². The van der Waals surface area contributed by atoms with Gasteiger partial charge in [-0.15, -0.1) is 0 Å². The zero-order chi connectivity index (χ0) is 17.5. The van der Waals surface area contributed by atoms with E-state index in [0.717, 1.165) is 0 Å². The van der Waals surface area contributed by atoms with E-state index in [1.807, 2.05) is 6.07 Å². The average molecular weight is 326 g/mol. The first-order chi connectivity index (χ1) is 11.5. The third kappa shape index (κ3) is 4.17. The van der Waals surface area contributed by atoms with E-state index in [2.05, 4.69) is 10.1 Å². The molecule has 0 heterocycles. The molecule has 0 saturated heterocycles. The lowest BCUT2D eigenvalue weighted by molar-refractivity contribution is -0.142. The molecule has 1 amide bonds. The van der Waals surface area contributed by atoms with Crippen molar-refractivity contribution in [2.24, 2.45) is 0 Å². The van der Waals surface area contributed by atoms with Crippen molar-refractivity contribution >= 4 is 11.9 Å². The molecule has 0 aromatic heterocycles. The SMILES string of the molecule is COC(=O)[C@@H](Cc1ccccc1F)NC(=O)c1ccc(C#N)cc1. The number of methoxy groups -OCH3 is 1. The van der Waals surface area contributed by atoms with Gasteiger partial charge in [0, 0.05) is 12.0 Å². The summed E-state index contributed by atoms with van der Waals surface area (Å²) in [5, 5.41) is 11.3. The van der Waals surface area contributed by atoms with Crippen molar-refractivity contribution in [3.05, 3.63) is 71.0 Å². The molecule has 0 fully saturated rings. The molecule has 0 aliphatic heterocycles. The number of carbonyl (C=O) groups excluding carboxylic acids is 2. The smallest absolute Gasteiger partial charge is 0.328 e. The van der Waals surface area contributed by atoms with E-state index in [0.29, 0.717) is 11.1 Å². The van der Waals surface area contributed by atoms with E-state index >= 15 is 0 Å². The van der Waals surface area contributed by atoms with Crippen LogP contribution in [0.3, 0.4) is 0 Å². The predicted molar refractivity (Wildman–Crippen MR) is 84.5 cm³/mol. The van der Waals surface area contributed by atoms with Gasteiger partial charge in [0.15, 0.2) is 0 Å². The number of halogens is 1. The van der Waals surface area contributed by atoms with Gasteiger partial charge in [-0.05, 0) is 35.9 Å². The summed E-state index contributed by atoms with van der Waals surface area (Å²) in [7, 11) is 1.20. The minimum Gasteiger partial charge on any atom is -0.467 e. The Hall–Kier alpha value is -3.20. The second kappa shape index (κ2) is 7.88. The minimum atomic E-state index is -1.02.